The molecular formula is C39H45F3N4O2S. The summed E-state index contributed by atoms with van der Waals surface area (Å²) in [4.78, 5) is 25.4. The number of halogens is 3. The Hall–Kier alpha value is -3.60. The van der Waals surface area contributed by atoms with E-state index >= 15 is 0 Å². The highest BCUT2D eigenvalue weighted by atomic mass is 32.2. The van der Waals surface area contributed by atoms with Gasteiger partial charge in [-0.15, -0.1) is 11.8 Å². The summed E-state index contributed by atoms with van der Waals surface area (Å²) in [6.07, 6.45) is 1.30. The smallest absolute Gasteiger partial charge is 0.416 e. The molecule has 260 valence electrons. The van der Waals surface area contributed by atoms with Crippen LogP contribution in [0.1, 0.15) is 73.0 Å². The fourth-order valence-corrected chi connectivity index (χ4v) is 7.93. The first-order valence-corrected chi connectivity index (χ1v) is 18.5. The van der Waals surface area contributed by atoms with Crippen molar-refractivity contribution in [2.75, 3.05) is 38.5 Å². The molecule has 1 N–H and O–H groups in total. The summed E-state index contributed by atoms with van der Waals surface area (Å²) in [6, 6.07) is 19.3. The number of carbonyl (C=O) groups is 1. The Morgan fingerprint density at radius 1 is 0.959 bits per heavy atom. The molecule has 2 aliphatic rings. The molecule has 0 atom stereocenters. The summed E-state index contributed by atoms with van der Waals surface area (Å²) in [5, 5.41) is 3.80. The van der Waals surface area contributed by atoms with E-state index in [0.717, 1.165) is 67.4 Å². The molecule has 49 heavy (non-hydrogen) atoms. The van der Waals surface area contributed by atoms with Gasteiger partial charge in [0, 0.05) is 41.7 Å². The number of hydrogen-bond donors (Lipinski definition) is 1. The first kappa shape index (κ1) is 35.2. The lowest BCUT2D eigenvalue weighted by Gasteiger charge is -2.40. The average Bonchev–Trinajstić information content (AvgIpc) is 3.12. The third-order valence-corrected chi connectivity index (χ3v) is 10.5. The number of rotatable bonds is 11. The summed E-state index contributed by atoms with van der Waals surface area (Å²) < 4.78 is 48.0. The highest BCUT2D eigenvalue weighted by Gasteiger charge is 2.32. The van der Waals surface area contributed by atoms with E-state index in [2.05, 4.69) is 22.0 Å². The summed E-state index contributed by atoms with van der Waals surface area (Å²) >= 11 is 1.62. The lowest BCUT2D eigenvalue weighted by atomic mass is 9.93. The van der Waals surface area contributed by atoms with Crippen LogP contribution in [0.4, 0.5) is 13.2 Å². The van der Waals surface area contributed by atoms with Crippen LogP contribution in [0.3, 0.4) is 0 Å². The van der Waals surface area contributed by atoms with Gasteiger partial charge in [-0.25, -0.2) is 4.98 Å². The third kappa shape index (κ3) is 8.41. The summed E-state index contributed by atoms with van der Waals surface area (Å²) in [5.74, 6) is 1.17. The minimum Gasteiger partial charge on any atom is -0.493 e. The molecule has 1 amide bonds. The number of nitrogens with zero attached hydrogens (tertiary/aromatic N) is 3. The van der Waals surface area contributed by atoms with Crippen LogP contribution in [0.25, 0.3) is 22.2 Å². The number of nitrogens with one attached hydrogen (secondary N) is 1. The second-order valence-electron chi connectivity index (χ2n) is 12.8. The Balaban J connectivity index is 1.48. The second kappa shape index (κ2) is 16.0. The summed E-state index contributed by atoms with van der Waals surface area (Å²) in [7, 11) is 0. The fourth-order valence-electron chi connectivity index (χ4n) is 7.16. The van der Waals surface area contributed by atoms with Crippen molar-refractivity contribution >= 4 is 28.6 Å². The fraction of sp³-hybridized carbons (Fsp3) is 0.436. The average molecular weight is 691 g/mol. The largest absolute Gasteiger partial charge is 0.493 e. The molecule has 0 radical (unpaired) electrons. The van der Waals surface area contributed by atoms with Crippen molar-refractivity contribution in [2.24, 2.45) is 0 Å². The number of aromatic nitrogens is 1. The number of likely N-dealkylation sites (tertiary alicyclic amines) is 2. The number of fused-ring (bicyclic) bond motifs is 1. The van der Waals surface area contributed by atoms with Crippen molar-refractivity contribution in [2.45, 2.75) is 76.2 Å². The molecule has 2 saturated heterocycles. The lowest BCUT2D eigenvalue weighted by molar-refractivity contribution is -0.137. The molecular weight excluding hydrogens is 646 g/mol. The van der Waals surface area contributed by atoms with Gasteiger partial charge in [-0.1, -0.05) is 55.8 Å². The van der Waals surface area contributed by atoms with E-state index in [-0.39, 0.29) is 5.91 Å². The minimum atomic E-state index is -4.52. The quantitative estimate of drug-likeness (QED) is 0.159. The number of pyridine rings is 1. The third-order valence-electron chi connectivity index (χ3n) is 9.58. The van der Waals surface area contributed by atoms with E-state index < -0.39 is 11.7 Å². The maximum absolute atomic E-state index is 14.5. The van der Waals surface area contributed by atoms with Crippen LogP contribution in [-0.4, -0.2) is 65.3 Å². The van der Waals surface area contributed by atoms with Gasteiger partial charge in [0.2, 0.25) is 0 Å². The van der Waals surface area contributed by atoms with Crippen molar-refractivity contribution in [3.05, 3.63) is 89.0 Å². The number of amides is 1. The zero-order chi connectivity index (χ0) is 34.4. The van der Waals surface area contributed by atoms with E-state index in [1.165, 1.54) is 25.3 Å². The number of thioether (sulfide) groups is 1. The number of alkyl halides is 3. The first-order chi connectivity index (χ1) is 23.7. The predicted molar refractivity (Wildman–Crippen MR) is 191 cm³/mol. The topological polar surface area (TPSA) is 57.7 Å². The van der Waals surface area contributed by atoms with Gasteiger partial charge in [0.1, 0.15) is 5.75 Å². The molecule has 3 aromatic carbocycles. The molecule has 0 saturated carbocycles. The van der Waals surface area contributed by atoms with Crippen LogP contribution in [0.2, 0.25) is 0 Å². The van der Waals surface area contributed by atoms with E-state index in [4.69, 9.17) is 9.72 Å². The van der Waals surface area contributed by atoms with Crippen LogP contribution < -0.4 is 10.1 Å². The van der Waals surface area contributed by atoms with Crippen LogP contribution in [-0.2, 0) is 19.3 Å². The van der Waals surface area contributed by atoms with E-state index in [1.807, 2.05) is 49.4 Å². The van der Waals surface area contributed by atoms with Crippen molar-refractivity contribution < 1.29 is 22.7 Å². The Bertz CT molecular complexity index is 1740. The molecule has 0 aliphatic carbocycles. The maximum atomic E-state index is 14.5. The molecule has 0 unspecified atom stereocenters. The molecule has 1 aromatic heterocycles. The Morgan fingerprint density at radius 3 is 2.41 bits per heavy atom. The molecule has 3 heterocycles. The van der Waals surface area contributed by atoms with Gasteiger partial charge in [0.15, 0.2) is 0 Å². The number of piperidine rings is 2. The standard InChI is InChI=1S/C39H45F3N4O2S/c1-3-48-34-24-33-31(23-35(34)49-4-2)36(38(47)43-25-27-12-7-5-8-13-27)32(37(44-33)28-14-11-15-29(22-28)39(40,41)42)26-45-20-16-30(17-21-45)46-18-9-6-10-19-46/h5,7-8,11-15,22-24,30H,3-4,6,9-10,16-21,25-26H2,1-2H3,(H,43,47). The number of benzene rings is 3. The maximum Gasteiger partial charge on any atom is 0.416 e. The number of ether oxygens (including phenoxy) is 1. The normalized spacial score (nSPS) is 16.6. The predicted octanol–water partition coefficient (Wildman–Crippen LogP) is 8.81. The van der Waals surface area contributed by atoms with Gasteiger partial charge in [0.05, 0.1) is 33.8 Å². The van der Waals surface area contributed by atoms with Crippen LogP contribution in [0.15, 0.2) is 71.6 Å². The first-order valence-electron chi connectivity index (χ1n) is 17.5. The molecule has 2 aliphatic heterocycles. The van der Waals surface area contributed by atoms with Gasteiger partial charge in [-0.3, -0.25) is 9.69 Å². The summed E-state index contributed by atoms with van der Waals surface area (Å²) in [5.41, 5.74) is 2.53. The van der Waals surface area contributed by atoms with Crippen molar-refractivity contribution in [3.8, 4) is 17.0 Å². The Morgan fingerprint density at radius 2 is 1.71 bits per heavy atom. The SMILES string of the molecule is CCOc1cc2nc(-c3cccc(C(F)(F)F)c3)c(CN3CCC(N4CCCCC4)CC3)c(C(=O)NCc3ccccc3)c2cc1SCC. The molecule has 6 rings (SSSR count). The Kier molecular flexibility index (Phi) is 11.5. The van der Waals surface area contributed by atoms with Crippen molar-refractivity contribution in [1.29, 1.82) is 0 Å². The highest BCUT2D eigenvalue weighted by Crippen LogP contribution is 2.40. The van der Waals surface area contributed by atoms with Crippen molar-refractivity contribution in [3.63, 3.8) is 0 Å². The molecule has 0 bridgehead atoms. The van der Waals surface area contributed by atoms with Crippen LogP contribution in [0.5, 0.6) is 5.75 Å². The van der Waals surface area contributed by atoms with Crippen LogP contribution >= 0.6 is 11.8 Å². The zero-order valence-corrected chi connectivity index (χ0v) is 29.1. The lowest BCUT2D eigenvalue weighted by Crippen LogP contribution is -2.46. The summed E-state index contributed by atoms with van der Waals surface area (Å²) in [6.45, 7) is 9.10. The van der Waals surface area contributed by atoms with Crippen LogP contribution in [0, 0.1) is 0 Å². The molecule has 4 aromatic rings. The van der Waals surface area contributed by atoms with Crippen molar-refractivity contribution in [1.82, 2.24) is 20.1 Å². The molecule has 2 fully saturated rings. The molecule has 6 nitrogen and oxygen atoms in total. The Labute approximate surface area is 291 Å². The van der Waals surface area contributed by atoms with E-state index in [9.17, 15) is 18.0 Å². The van der Waals surface area contributed by atoms with Gasteiger partial charge < -0.3 is 15.0 Å². The van der Waals surface area contributed by atoms with Gasteiger partial charge in [0.25, 0.3) is 5.91 Å². The van der Waals surface area contributed by atoms with Gasteiger partial charge >= 0.3 is 6.18 Å². The van der Waals surface area contributed by atoms with Gasteiger partial charge in [-0.2, -0.15) is 13.2 Å². The minimum absolute atomic E-state index is 0.278. The van der Waals surface area contributed by atoms with E-state index in [1.54, 1.807) is 17.8 Å². The second-order valence-corrected chi connectivity index (χ2v) is 14.2. The number of hydrogen-bond acceptors (Lipinski definition) is 6. The molecule has 0 spiro atoms. The zero-order valence-electron chi connectivity index (χ0n) is 28.3. The van der Waals surface area contributed by atoms with Gasteiger partial charge in [-0.05, 0) is 88.3 Å². The van der Waals surface area contributed by atoms with E-state index in [0.29, 0.717) is 64.8 Å². The molecule has 10 heteroatoms. The monoisotopic (exact) mass is 690 g/mol. The number of carbonyl (C=O) groups excluding carboxylic acids is 1. The highest BCUT2D eigenvalue weighted by molar-refractivity contribution is 7.99.